The zero-order valence-corrected chi connectivity index (χ0v) is 16.1. The van der Waals surface area contributed by atoms with Crippen LogP contribution in [-0.2, 0) is 25.7 Å². The van der Waals surface area contributed by atoms with Crippen LogP contribution in [0.5, 0.6) is 0 Å². The van der Waals surface area contributed by atoms with Crippen LogP contribution in [-0.4, -0.2) is 22.6 Å². The summed E-state index contributed by atoms with van der Waals surface area (Å²) < 4.78 is 5.27. The zero-order valence-electron chi connectivity index (χ0n) is 16.1. The monoisotopic (exact) mass is 375 g/mol. The van der Waals surface area contributed by atoms with Crippen LogP contribution in [0.2, 0.25) is 0 Å². The Kier molecular flexibility index (Phi) is 5.37. The number of aliphatic imine (C=N–C) groups is 1. The van der Waals surface area contributed by atoms with Crippen LogP contribution in [0.1, 0.15) is 35.9 Å². The van der Waals surface area contributed by atoms with Crippen molar-refractivity contribution in [2.24, 2.45) is 10.7 Å². The molecule has 0 unspecified atom stereocenters. The first-order valence-electron chi connectivity index (χ1n) is 9.82. The van der Waals surface area contributed by atoms with Crippen molar-refractivity contribution in [3.8, 4) is 11.5 Å². The van der Waals surface area contributed by atoms with Crippen LogP contribution in [0, 0.1) is 0 Å². The molecule has 3 aromatic rings. The van der Waals surface area contributed by atoms with E-state index in [4.69, 9.17) is 10.3 Å². The highest BCUT2D eigenvalue weighted by atomic mass is 16.5. The number of benzene rings is 2. The number of hydrogen-bond donors (Lipinski definition) is 2. The normalized spacial score (nSPS) is 13.5. The van der Waals surface area contributed by atoms with Gasteiger partial charge in [0.1, 0.15) is 0 Å². The number of fused-ring (bicyclic) bond motifs is 1. The van der Waals surface area contributed by atoms with E-state index in [2.05, 4.69) is 50.8 Å². The Labute approximate surface area is 164 Å². The minimum absolute atomic E-state index is 0.451. The summed E-state index contributed by atoms with van der Waals surface area (Å²) in [6.07, 6.45) is 5.16. The lowest BCUT2D eigenvalue weighted by Gasteiger charge is -2.08. The lowest BCUT2D eigenvalue weighted by atomic mass is 10.1. The van der Waals surface area contributed by atoms with Crippen molar-refractivity contribution in [3.63, 3.8) is 0 Å². The molecule has 0 fully saturated rings. The number of nitrogens with zero attached hydrogens (tertiary/aromatic N) is 3. The van der Waals surface area contributed by atoms with E-state index in [0.29, 0.717) is 18.4 Å². The summed E-state index contributed by atoms with van der Waals surface area (Å²) in [6, 6.07) is 14.6. The maximum Gasteiger partial charge on any atom is 0.257 e. The van der Waals surface area contributed by atoms with Crippen LogP contribution >= 0.6 is 0 Å². The number of nitrogens with two attached hydrogens (primary N) is 1. The second-order valence-electron chi connectivity index (χ2n) is 7.05. The lowest BCUT2D eigenvalue weighted by Crippen LogP contribution is -2.23. The number of nitrogens with one attached hydrogen (secondary N) is 1. The molecular formula is C22H25N5O. The molecule has 0 bridgehead atoms. The Bertz CT molecular complexity index is 975. The molecule has 0 saturated carbocycles. The van der Waals surface area contributed by atoms with Crippen LogP contribution < -0.4 is 11.1 Å². The zero-order chi connectivity index (χ0) is 19.3. The molecule has 6 nitrogen and oxygen atoms in total. The Hall–Kier alpha value is -3.15. The molecule has 0 amide bonds. The molecule has 2 aromatic carbocycles. The highest BCUT2D eigenvalue weighted by molar-refractivity contribution is 5.92. The minimum Gasteiger partial charge on any atom is -0.370 e. The highest BCUT2D eigenvalue weighted by Gasteiger charge is 2.11. The molecule has 0 atom stereocenters. The quantitative estimate of drug-likeness (QED) is 0.506. The number of anilines is 1. The fourth-order valence-corrected chi connectivity index (χ4v) is 3.47. The Morgan fingerprint density at radius 2 is 1.96 bits per heavy atom. The Balaban J connectivity index is 1.31. The molecule has 1 heterocycles. The summed E-state index contributed by atoms with van der Waals surface area (Å²) in [5.74, 6) is 1.73. The molecule has 28 heavy (non-hydrogen) atoms. The van der Waals surface area contributed by atoms with E-state index in [9.17, 15) is 0 Å². The SMILES string of the molecule is CCc1noc(-c2ccc(CCN=C(N)Nc3ccc4c(c3)CCC4)cc2)n1. The minimum atomic E-state index is 0.451. The van der Waals surface area contributed by atoms with Gasteiger partial charge < -0.3 is 15.6 Å². The van der Waals surface area contributed by atoms with E-state index < -0.39 is 0 Å². The highest BCUT2D eigenvalue weighted by Crippen LogP contribution is 2.24. The average Bonchev–Trinajstić information content (AvgIpc) is 3.37. The summed E-state index contributed by atoms with van der Waals surface area (Å²) in [6.45, 7) is 2.63. The van der Waals surface area contributed by atoms with E-state index in [1.807, 2.05) is 19.1 Å². The van der Waals surface area contributed by atoms with Gasteiger partial charge in [-0.1, -0.05) is 30.3 Å². The third-order valence-corrected chi connectivity index (χ3v) is 5.04. The van der Waals surface area contributed by atoms with Crippen LogP contribution in [0.3, 0.4) is 0 Å². The molecule has 1 aliphatic rings. The number of hydrogen-bond acceptors (Lipinski definition) is 4. The van der Waals surface area contributed by atoms with Crippen LogP contribution in [0.25, 0.3) is 11.5 Å². The summed E-state index contributed by atoms with van der Waals surface area (Å²) in [7, 11) is 0. The standard InChI is InChI=1S/C22H25N5O/c1-2-20-26-21(28-27-20)17-8-6-15(7-9-17)12-13-24-22(23)25-19-11-10-16-4-3-5-18(16)14-19/h6-11,14H,2-5,12-13H2,1H3,(H3,23,24,25). The third-order valence-electron chi connectivity index (χ3n) is 5.04. The molecule has 6 heteroatoms. The van der Waals surface area contributed by atoms with Crippen LogP contribution in [0.15, 0.2) is 52.0 Å². The van der Waals surface area contributed by atoms with Gasteiger partial charge in [-0.2, -0.15) is 4.98 Å². The van der Waals surface area contributed by atoms with Gasteiger partial charge in [0.05, 0.1) is 0 Å². The summed E-state index contributed by atoms with van der Waals surface area (Å²) >= 11 is 0. The number of aromatic nitrogens is 2. The summed E-state index contributed by atoms with van der Waals surface area (Å²) in [5, 5.41) is 7.13. The molecule has 1 aromatic heterocycles. The van der Waals surface area contributed by atoms with Crippen molar-refractivity contribution in [3.05, 3.63) is 65.0 Å². The maximum absolute atomic E-state index is 6.04. The molecule has 0 saturated heterocycles. The van der Waals surface area contributed by atoms with Gasteiger partial charge in [0, 0.05) is 24.2 Å². The van der Waals surface area contributed by atoms with Crippen molar-refractivity contribution in [2.45, 2.75) is 39.0 Å². The van der Waals surface area contributed by atoms with Gasteiger partial charge in [-0.15, -0.1) is 0 Å². The molecule has 0 spiro atoms. The van der Waals surface area contributed by atoms with Gasteiger partial charge in [0.25, 0.3) is 5.89 Å². The van der Waals surface area contributed by atoms with Crippen molar-refractivity contribution in [1.29, 1.82) is 0 Å². The largest absolute Gasteiger partial charge is 0.370 e. The topological polar surface area (TPSA) is 89.3 Å². The first-order valence-corrected chi connectivity index (χ1v) is 9.82. The lowest BCUT2D eigenvalue weighted by molar-refractivity contribution is 0.423. The van der Waals surface area contributed by atoms with Gasteiger partial charge in [0.15, 0.2) is 11.8 Å². The van der Waals surface area contributed by atoms with Crippen LogP contribution in [0.4, 0.5) is 5.69 Å². The predicted molar refractivity (Wildman–Crippen MR) is 111 cm³/mol. The Morgan fingerprint density at radius 1 is 1.14 bits per heavy atom. The van der Waals surface area contributed by atoms with Gasteiger partial charge in [-0.05, 0) is 66.6 Å². The van der Waals surface area contributed by atoms with E-state index in [1.165, 1.54) is 29.5 Å². The van der Waals surface area contributed by atoms with Gasteiger partial charge in [-0.3, -0.25) is 4.99 Å². The molecular weight excluding hydrogens is 350 g/mol. The van der Waals surface area contributed by atoms with Crippen molar-refractivity contribution in [1.82, 2.24) is 10.1 Å². The van der Waals surface area contributed by atoms with Crippen molar-refractivity contribution in [2.75, 3.05) is 11.9 Å². The van der Waals surface area contributed by atoms with E-state index in [-0.39, 0.29) is 0 Å². The van der Waals surface area contributed by atoms with E-state index in [0.717, 1.165) is 36.3 Å². The smallest absolute Gasteiger partial charge is 0.257 e. The summed E-state index contributed by atoms with van der Waals surface area (Å²) in [5.41, 5.74) is 12.0. The van der Waals surface area contributed by atoms with Crippen molar-refractivity contribution < 1.29 is 4.52 Å². The molecule has 144 valence electrons. The fourth-order valence-electron chi connectivity index (χ4n) is 3.47. The average molecular weight is 375 g/mol. The molecule has 4 rings (SSSR count). The van der Waals surface area contributed by atoms with Gasteiger partial charge in [-0.25, -0.2) is 0 Å². The first-order chi connectivity index (χ1) is 13.7. The molecule has 1 aliphatic carbocycles. The fraction of sp³-hybridized carbons (Fsp3) is 0.318. The van der Waals surface area contributed by atoms with Gasteiger partial charge in [0.2, 0.25) is 0 Å². The third kappa shape index (κ3) is 4.22. The number of guanidine groups is 1. The maximum atomic E-state index is 6.04. The second-order valence-corrected chi connectivity index (χ2v) is 7.05. The van der Waals surface area contributed by atoms with E-state index >= 15 is 0 Å². The molecule has 3 N–H and O–H groups in total. The molecule has 0 radical (unpaired) electrons. The summed E-state index contributed by atoms with van der Waals surface area (Å²) in [4.78, 5) is 8.80. The van der Waals surface area contributed by atoms with E-state index in [1.54, 1.807) is 0 Å². The van der Waals surface area contributed by atoms with Crippen molar-refractivity contribution >= 4 is 11.6 Å². The second kappa shape index (κ2) is 8.25. The Morgan fingerprint density at radius 3 is 2.75 bits per heavy atom. The predicted octanol–water partition coefficient (Wildman–Crippen LogP) is 3.76. The van der Waals surface area contributed by atoms with Gasteiger partial charge >= 0.3 is 0 Å². The molecule has 0 aliphatic heterocycles. The number of aryl methyl sites for hydroxylation is 3. The number of rotatable bonds is 6. The first kappa shape index (κ1) is 18.2.